The Morgan fingerprint density at radius 3 is 2.71 bits per heavy atom. The van der Waals surface area contributed by atoms with Crippen molar-refractivity contribution < 1.29 is 4.79 Å². The van der Waals surface area contributed by atoms with Crippen LogP contribution < -0.4 is 5.43 Å². The summed E-state index contributed by atoms with van der Waals surface area (Å²) < 4.78 is 2.23. The average molecular weight is 470 g/mol. The van der Waals surface area contributed by atoms with Crippen molar-refractivity contribution >= 4 is 34.4 Å². The second-order valence-electron chi connectivity index (χ2n) is 10.3. The summed E-state index contributed by atoms with van der Waals surface area (Å²) in [5, 5.41) is 7.47. The predicted molar refractivity (Wildman–Crippen MR) is 142 cm³/mol. The van der Waals surface area contributed by atoms with Crippen LogP contribution in [0, 0.1) is 11.3 Å². The first kappa shape index (κ1) is 22.6. The van der Waals surface area contributed by atoms with Crippen LogP contribution in [0.4, 0.5) is 0 Å². The van der Waals surface area contributed by atoms with Crippen LogP contribution in [0.15, 0.2) is 71.3 Å². The number of rotatable bonds is 5. The topological polar surface area (TPSA) is 46.4 Å². The summed E-state index contributed by atoms with van der Waals surface area (Å²) in [6.07, 6.45) is 7.04. The summed E-state index contributed by atoms with van der Waals surface area (Å²) in [6.45, 7) is 7.73. The third-order valence-corrected chi connectivity index (χ3v) is 8.06. The number of fused-ring (bicyclic) bond motifs is 2. The van der Waals surface area contributed by atoms with Gasteiger partial charge in [0.25, 0.3) is 5.91 Å². The van der Waals surface area contributed by atoms with Crippen molar-refractivity contribution in [3.05, 3.63) is 93.3 Å². The molecule has 2 aromatic carbocycles. The molecule has 1 atom stereocenters. The van der Waals surface area contributed by atoms with Crippen molar-refractivity contribution in [3.63, 3.8) is 0 Å². The van der Waals surface area contributed by atoms with E-state index in [-0.39, 0.29) is 5.91 Å². The summed E-state index contributed by atoms with van der Waals surface area (Å²) in [5.74, 6) is 0.553. The Hall–Kier alpha value is -3.18. The van der Waals surface area contributed by atoms with Crippen molar-refractivity contribution in [2.45, 2.75) is 46.6 Å². The fourth-order valence-corrected chi connectivity index (χ4v) is 6.11. The number of thiophene rings is 1. The lowest BCUT2D eigenvalue weighted by Crippen LogP contribution is -2.27. The molecular formula is C29H31N3OS. The Labute approximate surface area is 205 Å². The summed E-state index contributed by atoms with van der Waals surface area (Å²) >= 11 is 1.72. The van der Waals surface area contributed by atoms with E-state index in [0.717, 1.165) is 47.8 Å². The molecule has 0 spiro atoms. The molecule has 5 rings (SSSR count). The van der Waals surface area contributed by atoms with E-state index in [1.54, 1.807) is 17.6 Å². The molecule has 0 unspecified atom stereocenters. The van der Waals surface area contributed by atoms with Gasteiger partial charge in [-0.1, -0.05) is 69.3 Å². The fourth-order valence-electron chi connectivity index (χ4n) is 4.95. The maximum atomic E-state index is 12.9. The number of carbonyl (C=O) groups excluding carboxylic acids is 1. The average Bonchev–Trinajstić information content (AvgIpc) is 3.41. The van der Waals surface area contributed by atoms with Crippen molar-refractivity contribution in [2.75, 3.05) is 0 Å². The van der Waals surface area contributed by atoms with E-state index in [0.29, 0.717) is 11.3 Å². The minimum Gasteiger partial charge on any atom is -0.342 e. The maximum absolute atomic E-state index is 12.9. The van der Waals surface area contributed by atoms with E-state index in [4.69, 9.17) is 0 Å². The van der Waals surface area contributed by atoms with Crippen molar-refractivity contribution in [1.29, 1.82) is 0 Å². The molecule has 174 valence electrons. The summed E-state index contributed by atoms with van der Waals surface area (Å²) in [6, 6.07) is 18.7. The number of carbonyl (C=O) groups is 1. The summed E-state index contributed by atoms with van der Waals surface area (Å²) in [7, 11) is 0. The minimum atomic E-state index is -0.115. The number of benzene rings is 2. The van der Waals surface area contributed by atoms with Gasteiger partial charge < -0.3 is 4.57 Å². The molecule has 0 saturated heterocycles. The zero-order valence-corrected chi connectivity index (χ0v) is 20.9. The minimum absolute atomic E-state index is 0.115. The number of para-hydroxylation sites is 1. The molecule has 4 nitrogen and oxygen atoms in total. The van der Waals surface area contributed by atoms with Crippen LogP contribution in [-0.2, 0) is 19.4 Å². The zero-order chi connectivity index (χ0) is 23.7. The first-order valence-electron chi connectivity index (χ1n) is 11.9. The van der Waals surface area contributed by atoms with Crippen molar-refractivity contribution in [3.8, 4) is 0 Å². The van der Waals surface area contributed by atoms with E-state index < -0.39 is 0 Å². The number of amides is 1. The monoisotopic (exact) mass is 469 g/mol. The molecule has 1 aliphatic carbocycles. The van der Waals surface area contributed by atoms with Crippen LogP contribution in [0.1, 0.15) is 59.1 Å². The molecular weight excluding hydrogens is 438 g/mol. The van der Waals surface area contributed by atoms with E-state index in [2.05, 4.69) is 84.5 Å². The second kappa shape index (κ2) is 9.22. The van der Waals surface area contributed by atoms with Gasteiger partial charge in [0.05, 0.1) is 11.8 Å². The highest BCUT2D eigenvalue weighted by Crippen LogP contribution is 2.40. The maximum Gasteiger partial charge on any atom is 0.272 e. The number of hydrogen-bond donors (Lipinski definition) is 1. The van der Waals surface area contributed by atoms with Crippen LogP contribution in [0.5, 0.6) is 0 Å². The molecule has 4 aromatic rings. The van der Waals surface area contributed by atoms with Crippen molar-refractivity contribution in [1.82, 2.24) is 9.99 Å². The number of aromatic nitrogens is 1. The van der Waals surface area contributed by atoms with Gasteiger partial charge in [0, 0.05) is 39.5 Å². The van der Waals surface area contributed by atoms with Gasteiger partial charge in [-0.15, -0.1) is 11.3 Å². The van der Waals surface area contributed by atoms with E-state index >= 15 is 0 Å². The number of hydrogen-bond acceptors (Lipinski definition) is 3. The molecule has 0 bridgehead atoms. The van der Waals surface area contributed by atoms with Crippen molar-refractivity contribution in [2.24, 2.45) is 16.4 Å². The molecule has 0 aliphatic heterocycles. The first-order chi connectivity index (χ1) is 16.4. The molecule has 0 saturated carbocycles. The largest absolute Gasteiger partial charge is 0.342 e. The van der Waals surface area contributed by atoms with Gasteiger partial charge in [-0.2, -0.15) is 5.10 Å². The Balaban J connectivity index is 1.32. The van der Waals surface area contributed by atoms with Gasteiger partial charge in [0.15, 0.2) is 0 Å². The van der Waals surface area contributed by atoms with E-state index in [1.807, 2.05) is 17.5 Å². The van der Waals surface area contributed by atoms with Crippen LogP contribution in [-0.4, -0.2) is 16.7 Å². The fraction of sp³-hybridized carbons (Fsp3) is 0.310. The van der Waals surface area contributed by atoms with Gasteiger partial charge in [-0.3, -0.25) is 4.79 Å². The highest BCUT2D eigenvalue weighted by atomic mass is 32.1. The lowest BCUT2D eigenvalue weighted by Gasteiger charge is -2.33. The standard InChI is InChI=1S/C29H31N3OS/c1-29(2,3)22-13-14-24-25(19-34-27(24)15-22)28(33)31-30-16-21-18-32(17-20-9-5-4-6-10-20)26-12-8-7-11-23(21)26/h4-12,16,18-19,22H,13-15,17H2,1-3H3,(H,31,33)/b30-16+/t22-/m0/s1. The molecule has 2 aromatic heterocycles. The summed E-state index contributed by atoms with van der Waals surface area (Å²) in [4.78, 5) is 14.3. The highest BCUT2D eigenvalue weighted by molar-refractivity contribution is 7.10. The smallest absolute Gasteiger partial charge is 0.272 e. The molecule has 2 heterocycles. The van der Waals surface area contributed by atoms with E-state index in [1.165, 1.54) is 16.0 Å². The quantitative estimate of drug-likeness (QED) is 0.258. The lowest BCUT2D eigenvalue weighted by molar-refractivity contribution is 0.0954. The molecule has 0 radical (unpaired) electrons. The first-order valence-corrected chi connectivity index (χ1v) is 12.8. The summed E-state index contributed by atoms with van der Waals surface area (Å²) in [5.41, 5.74) is 8.48. The van der Waals surface area contributed by atoms with Crippen LogP contribution in [0.2, 0.25) is 0 Å². The van der Waals surface area contributed by atoms with Gasteiger partial charge in [-0.25, -0.2) is 5.43 Å². The van der Waals surface area contributed by atoms with Gasteiger partial charge in [0.2, 0.25) is 0 Å². The predicted octanol–water partition coefficient (Wildman–Crippen LogP) is 6.67. The molecule has 1 amide bonds. The third kappa shape index (κ3) is 4.58. The Morgan fingerprint density at radius 1 is 1.15 bits per heavy atom. The highest BCUT2D eigenvalue weighted by Gasteiger charge is 2.31. The Bertz CT molecular complexity index is 1340. The number of hydrazone groups is 1. The van der Waals surface area contributed by atoms with Gasteiger partial charge >= 0.3 is 0 Å². The lowest BCUT2D eigenvalue weighted by atomic mass is 9.72. The molecule has 1 N–H and O–H groups in total. The zero-order valence-electron chi connectivity index (χ0n) is 20.0. The van der Waals surface area contributed by atoms with Crippen LogP contribution >= 0.6 is 11.3 Å². The van der Waals surface area contributed by atoms with Crippen LogP contribution in [0.3, 0.4) is 0 Å². The van der Waals surface area contributed by atoms with Crippen LogP contribution in [0.25, 0.3) is 10.9 Å². The molecule has 1 aliphatic rings. The third-order valence-electron chi connectivity index (χ3n) is 7.01. The normalized spacial score (nSPS) is 16.1. The van der Waals surface area contributed by atoms with Gasteiger partial charge in [-0.05, 0) is 47.8 Å². The molecule has 5 heteroatoms. The number of nitrogens with one attached hydrogen (secondary N) is 1. The molecule has 34 heavy (non-hydrogen) atoms. The molecule has 0 fully saturated rings. The number of nitrogens with zero attached hydrogens (tertiary/aromatic N) is 2. The second-order valence-corrected chi connectivity index (χ2v) is 11.2. The Kier molecular flexibility index (Phi) is 6.13. The van der Waals surface area contributed by atoms with E-state index in [9.17, 15) is 4.79 Å². The Morgan fingerprint density at radius 2 is 1.91 bits per heavy atom. The SMILES string of the molecule is CC(C)(C)[C@H]1CCc2c(C(=O)N/N=C/c3cn(Cc4ccccc4)c4ccccc34)csc2C1. The van der Waals surface area contributed by atoms with Gasteiger partial charge in [0.1, 0.15) is 0 Å².